The van der Waals surface area contributed by atoms with Gasteiger partial charge in [-0.05, 0) is 79.4 Å². The molecule has 1 atom stereocenters. The number of fused-ring (bicyclic) bond motifs is 1. The lowest BCUT2D eigenvalue weighted by molar-refractivity contribution is -0.138. The van der Waals surface area contributed by atoms with Crippen LogP contribution < -0.4 is 29.1 Å². The molecule has 8 nitrogen and oxygen atoms in total. The Balaban J connectivity index is 1.52. The zero-order chi connectivity index (χ0) is 35.9. The number of esters is 1. The highest BCUT2D eigenvalue weighted by Crippen LogP contribution is 2.37. The first-order valence-electron chi connectivity index (χ1n) is 16.5. The standard InChI is InChI=1S/C41H37ClN2O6S/c1-5-11-30-22-27(23-33(48-6-2)38(30)50-25-26-14-18-31(42)19-15-26)24-34-39(45)44-37(29-16-20-32(47-4)21-17-29)35(40(46)49-7-3)36(43-41(44)51-34)28-12-9-8-10-13-28/h5,8-10,12-24,37H,1,6-7,11,25H2,2-4H3/b34-24+/t37-/m0/s1. The molecular formula is C41H37ClN2O6S. The van der Waals surface area contributed by atoms with Gasteiger partial charge in [0.1, 0.15) is 12.4 Å². The molecule has 5 aromatic rings. The SMILES string of the molecule is C=CCc1cc(/C=c2/sc3n(c2=O)[C@@H](c2ccc(OC)cc2)C(C(=O)OCC)=C(c2ccccc2)N=3)cc(OCC)c1OCc1ccc(Cl)cc1. The third-order valence-corrected chi connectivity index (χ3v) is 9.45. The van der Waals surface area contributed by atoms with Crippen LogP contribution in [0.3, 0.4) is 0 Å². The number of hydrogen-bond acceptors (Lipinski definition) is 8. The number of methoxy groups -OCH3 is 1. The summed E-state index contributed by atoms with van der Waals surface area (Å²) in [6, 6.07) is 27.3. The van der Waals surface area contributed by atoms with Crippen molar-refractivity contribution in [3.8, 4) is 17.2 Å². The highest BCUT2D eigenvalue weighted by atomic mass is 35.5. The first kappa shape index (κ1) is 35.4. The van der Waals surface area contributed by atoms with E-state index in [0.29, 0.717) is 62.5 Å². The number of hydrogen-bond donors (Lipinski definition) is 0. The Morgan fingerprint density at radius 3 is 2.39 bits per heavy atom. The molecule has 0 saturated carbocycles. The monoisotopic (exact) mass is 720 g/mol. The lowest BCUT2D eigenvalue weighted by Gasteiger charge is -2.26. The van der Waals surface area contributed by atoms with Gasteiger partial charge in [-0.1, -0.05) is 83.6 Å². The van der Waals surface area contributed by atoms with Gasteiger partial charge in [0.05, 0.1) is 42.2 Å². The van der Waals surface area contributed by atoms with Gasteiger partial charge in [-0.15, -0.1) is 6.58 Å². The van der Waals surface area contributed by atoms with Gasteiger partial charge < -0.3 is 18.9 Å². The van der Waals surface area contributed by atoms with Crippen molar-refractivity contribution in [1.29, 1.82) is 0 Å². The summed E-state index contributed by atoms with van der Waals surface area (Å²) in [5, 5.41) is 0.652. The van der Waals surface area contributed by atoms with Gasteiger partial charge in [-0.2, -0.15) is 0 Å². The van der Waals surface area contributed by atoms with Crippen LogP contribution >= 0.6 is 22.9 Å². The minimum Gasteiger partial charge on any atom is -0.497 e. The second-order valence-electron chi connectivity index (χ2n) is 11.6. The van der Waals surface area contributed by atoms with Crippen molar-refractivity contribution in [1.82, 2.24) is 4.57 Å². The van der Waals surface area contributed by atoms with Gasteiger partial charge in [0.25, 0.3) is 5.56 Å². The molecule has 4 aromatic carbocycles. The normalized spacial score (nSPS) is 14.0. The Bertz CT molecular complexity index is 2260. The summed E-state index contributed by atoms with van der Waals surface area (Å²) < 4.78 is 25.4. The van der Waals surface area contributed by atoms with Gasteiger partial charge in [0, 0.05) is 16.1 Å². The number of halogens is 1. The fraction of sp³-hybridized carbons (Fsp3) is 0.195. The molecule has 0 spiro atoms. The molecule has 10 heteroatoms. The molecule has 1 aliphatic rings. The number of ether oxygens (including phenoxy) is 4. The van der Waals surface area contributed by atoms with Gasteiger partial charge in [-0.3, -0.25) is 9.36 Å². The number of rotatable bonds is 13. The molecule has 51 heavy (non-hydrogen) atoms. The largest absolute Gasteiger partial charge is 0.497 e. The minimum absolute atomic E-state index is 0.165. The molecular weight excluding hydrogens is 684 g/mol. The van der Waals surface area contributed by atoms with E-state index in [1.165, 1.54) is 11.3 Å². The number of thiazole rings is 1. The van der Waals surface area contributed by atoms with Crippen molar-refractivity contribution in [2.75, 3.05) is 20.3 Å². The van der Waals surface area contributed by atoms with Gasteiger partial charge in [-0.25, -0.2) is 9.79 Å². The van der Waals surface area contributed by atoms with Crippen LogP contribution in [-0.2, 0) is 22.6 Å². The summed E-state index contributed by atoms with van der Waals surface area (Å²) in [5.74, 6) is 1.27. The van der Waals surface area contributed by atoms with E-state index in [-0.39, 0.29) is 17.7 Å². The maximum atomic E-state index is 14.5. The first-order valence-corrected chi connectivity index (χ1v) is 17.7. The minimum atomic E-state index is -0.803. The summed E-state index contributed by atoms with van der Waals surface area (Å²) in [5.41, 5.74) is 4.45. The van der Waals surface area contributed by atoms with Crippen molar-refractivity contribution < 1.29 is 23.7 Å². The van der Waals surface area contributed by atoms with Crippen LogP contribution in [0.1, 0.15) is 47.7 Å². The molecule has 0 radical (unpaired) electrons. The molecule has 0 saturated heterocycles. The lowest BCUT2D eigenvalue weighted by Crippen LogP contribution is -2.40. The maximum Gasteiger partial charge on any atom is 0.338 e. The molecule has 0 N–H and O–H groups in total. The quantitative estimate of drug-likeness (QED) is 0.0937. The molecule has 0 fully saturated rings. The number of allylic oxidation sites excluding steroid dienone is 1. The van der Waals surface area contributed by atoms with E-state index >= 15 is 0 Å². The first-order chi connectivity index (χ1) is 24.8. The van der Waals surface area contributed by atoms with E-state index in [0.717, 1.165) is 22.3 Å². The van der Waals surface area contributed by atoms with E-state index < -0.39 is 12.0 Å². The van der Waals surface area contributed by atoms with Crippen LogP contribution in [0.25, 0.3) is 11.8 Å². The molecule has 0 aliphatic carbocycles. The van der Waals surface area contributed by atoms with E-state index in [4.69, 9.17) is 35.5 Å². The van der Waals surface area contributed by atoms with E-state index in [9.17, 15) is 9.59 Å². The molecule has 1 aliphatic heterocycles. The lowest BCUT2D eigenvalue weighted by atomic mass is 9.93. The summed E-state index contributed by atoms with van der Waals surface area (Å²) in [6.45, 7) is 8.51. The zero-order valence-electron chi connectivity index (χ0n) is 28.6. The Hall–Kier alpha value is -5.38. The van der Waals surface area contributed by atoms with Crippen LogP contribution in [-0.4, -0.2) is 30.9 Å². The predicted octanol–water partition coefficient (Wildman–Crippen LogP) is 7.30. The Morgan fingerprint density at radius 2 is 1.73 bits per heavy atom. The molecule has 6 rings (SSSR count). The number of benzene rings is 4. The van der Waals surface area contributed by atoms with E-state index in [1.54, 1.807) is 24.7 Å². The average molecular weight is 721 g/mol. The van der Waals surface area contributed by atoms with E-state index in [1.807, 2.05) is 104 Å². The maximum absolute atomic E-state index is 14.5. The van der Waals surface area contributed by atoms with Crippen LogP contribution in [0, 0.1) is 0 Å². The summed E-state index contributed by atoms with van der Waals surface area (Å²) in [7, 11) is 1.59. The number of aromatic nitrogens is 1. The predicted molar refractivity (Wildman–Crippen MR) is 201 cm³/mol. The second-order valence-corrected chi connectivity index (χ2v) is 13.0. The summed E-state index contributed by atoms with van der Waals surface area (Å²) >= 11 is 7.33. The van der Waals surface area contributed by atoms with E-state index in [2.05, 4.69) is 6.58 Å². The average Bonchev–Trinajstić information content (AvgIpc) is 3.45. The Morgan fingerprint density at radius 1 is 0.980 bits per heavy atom. The second kappa shape index (κ2) is 16.1. The molecule has 0 unspecified atom stereocenters. The van der Waals surface area contributed by atoms with Gasteiger partial charge in [0.2, 0.25) is 0 Å². The Labute approximate surface area is 305 Å². The van der Waals surface area contributed by atoms with Crippen molar-refractivity contribution >= 4 is 40.7 Å². The van der Waals surface area contributed by atoms with Gasteiger partial charge in [0.15, 0.2) is 16.3 Å². The number of carbonyl (C=O) groups is 1. The molecule has 1 aromatic heterocycles. The van der Waals surface area contributed by atoms with Crippen molar-refractivity contribution in [2.45, 2.75) is 32.9 Å². The highest BCUT2D eigenvalue weighted by Gasteiger charge is 2.35. The summed E-state index contributed by atoms with van der Waals surface area (Å²) in [6.07, 6.45) is 4.14. The molecule has 260 valence electrons. The highest BCUT2D eigenvalue weighted by molar-refractivity contribution is 7.07. The van der Waals surface area contributed by atoms with Crippen LogP contribution in [0.5, 0.6) is 17.2 Å². The van der Waals surface area contributed by atoms with Crippen LogP contribution in [0.2, 0.25) is 5.02 Å². The molecule has 0 amide bonds. The third-order valence-electron chi connectivity index (χ3n) is 8.22. The fourth-order valence-electron chi connectivity index (χ4n) is 5.93. The number of nitrogens with zero attached hydrogens (tertiary/aromatic N) is 2. The summed E-state index contributed by atoms with van der Waals surface area (Å²) in [4.78, 5) is 33.6. The molecule has 0 bridgehead atoms. The topological polar surface area (TPSA) is 88.4 Å². The van der Waals surface area contributed by atoms with Crippen molar-refractivity contribution in [2.24, 2.45) is 4.99 Å². The van der Waals surface area contributed by atoms with Crippen LogP contribution in [0.4, 0.5) is 0 Å². The fourth-order valence-corrected chi connectivity index (χ4v) is 7.06. The third kappa shape index (κ3) is 7.70. The zero-order valence-corrected chi connectivity index (χ0v) is 30.1. The van der Waals surface area contributed by atoms with Crippen molar-refractivity contribution in [3.63, 3.8) is 0 Å². The van der Waals surface area contributed by atoms with Crippen LogP contribution in [0.15, 0.2) is 119 Å². The van der Waals surface area contributed by atoms with Gasteiger partial charge >= 0.3 is 5.97 Å². The molecule has 2 heterocycles. The smallest absolute Gasteiger partial charge is 0.338 e. The Kier molecular flexibility index (Phi) is 11.2. The van der Waals surface area contributed by atoms with Crippen molar-refractivity contribution in [3.05, 3.63) is 162 Å². The number of carbonyl (C=O) groups excluding carboxylic acids is 1.